The van der Waals surface area contributed by atoms with E-state index in [4.69, 9.17) is 14.2 Å². The highest BCUT2D eigenvalue weighted by Gasteiger charge is 2.45. The largest absolute Gasteiger partial charge is 0.496 e. The zero-order valence-corrected chi connectivity index (χ0v) is 16.8. The van der Waals surface area contributed by atoms with Crippen LogP contribution in [0.4, 0.5) is 0 Å². The van der Waals surface area contributed by atoms with Crippen molar-refractivity contribution < 1.29 is 23.8 Å². The second kappa shape index (κ2) is 9.16. The van der Waals surface area contributed by atoms with Crippen LogP contribution in [0.15, 0.2) is 18.2 Å². The standard InChI is InChI=1S/C19H27NO5S/c1-6-10-25-19(22)13-11-26-18(12(2)3)20(13)17(21)16-14(23-4)8-7-9-15(16)24-5/h7-9,12-13,18H,6,10-11H2,1-5H3. The van der Waals surface area contributed by atoms with E-state index >= 15 is 0 Å². The number of hydrogen-bond donors (Lipinski definition) is 0. The first-order valence-corrected chi connectivity index (χ1v) is 9.83. The van der Waals surface area contributed by atoms with E-state index in [2.05, 4.69) is 0 Å². The third kappa shape index (κ3) is 4.09. The highest BCUT2D eigenvalue weighted by atomic mass is 32.2. The molecule has 2 rings (SSSR count). The Bertz CT molecular complexity index is 627. The second-order valence-corrected chi connectivity index (χ2v) is 7.55. The molecule has 144 valence electrons. The van der Waals surface area contributed by atoms with Gasteiger partial charge >= 0.3 is 5.97 Å². The summed E-state index contributed by atoms with van der Waals surface area (Å²) in [5.74, 6) is 0.929. The van der Waals surface area contributed by atoms with Gasteiger partial charge < -0.3 is 19.1 Å². The molecule has 6 nitrogen and oxygen atoms in total. The van der Waals surface area contributed by atoms with Crippen molar-refractivity contribution in [2.75, 3.05) is 26.6 Å². The average molecular weight is 381 g/mol. The first kappa shape index (κ1) is 20.4. The molecular formula is C19H27NO5S. The van der Waals surface area contributed by atoms with Crippen molar-refractivity contribution in [3.8, 4) is 11.5 Å². The minimum absolute atomic E-state index is 0.115. The van der Waals surface area contributed by atoms with Crippen LogP contribution in [0.25, 0.3) is 0 Å². The molecule has 0 aliphatic carbocycles. The topological polar surface area (TPSA) is 65.1 Å². The highest BCUT2D eigenvalue weighted by Crippen LogP contribution is 2.39. The minimum Gasteiger partial charge on any atom is -0.496 e. The van der Waals surface area contributed by atoms with E-state index in [1.807, 2.05) is 20.8 Å². The van der Waals surface area contributed by atoms with E-state index in [-0.39, 0.29) is 23.2 Å². The maximum absolute atomic E-state index is 13.5. The zero-order valence-electron chi connectivity index (χ0n) is 16.0. The summed E-state index contributed by atoms with van der Waals surface area (Å²) >= 11 is 1.60. The molecule has 0 N–H and O–H groups in total. The lowest BCUT2D eigenvalue weighted by molar-refractivity contribution is -0.148. The van der Waals surface area contributed by atoms with Crippen LogP contribution in [0.1, 0.15) is 37.6 Å². The molecule has 1 aliphatic heterocycles. The van der Waals surface area contributed by atoms with Gasteiger partial charge in [0.2, 0.25) is 0 Å². The Kier molecular flexibility index (Phi) is 7.20. The summed E-state index contributed by atoms with van der Waals surface area (Å²) < 4.78 is 16.1. The number of thioether (sulfide) groups is 1. The molecule has 1 aliphatic rings. The van der Waals surface area contributed by atoms with Gasteiger partial charge in [0, 0.05) is 5.75 Å². The van der Waals surface area contributed by atoms with Gasteiger partial charge in [0.05, 0.1) is 26.2 Å². The maximum Gasteiger partial charge on any atom is 0.329 e. The number of carbonyl (C=O) groups is 2. The van der Waals surface area contributed by atoms with Gasteiger partial charge in [0.15, 0.2) is 0 Å². The Morgan fingerprint density at radius 1 is 1.23 bits per heavy atom. The van der Waals surface area contributed by atoms with Crippen LogP contribution in [-0.4, -0.2) is 54.8 Å². The van der Waals surface area contributed by atoms with Gasteiger partial charge in [-0.3, -0.25) is 4.79 Å². The van der Waals surface area contributed by atoms with Gasteiger partial charge in [-0.05, 0) is 24.5 Å². The summed E-state index contributed by atoms with van der Waals surface area (Å²) in [6.45, 7) is 6.37. The predicted octanol–water partition coefficient (Wildman–Crippen LogP) is 3.20. The van der Waals surface area contributed by atoms with Crippen molar-refractivity contribution in [2.45, 2.75) is 38.6 Å². The molecule has 1 aromatic rings. The van der Waals surface area contributed by atoms with Crippen LogP contribution in [0, 0.1) is 5.92 Å². The van der Waals surface area contributed by atoms with Crippen molar-refractivity contribution in [2.24, 2.45) is 5.92 Å². The van der Waals surface area contributed by atoms with E-state index in [0.29, 0.717) is 29.4 Å². The van der Waals surface area contributed by atoms with Crippen molar-refractivity contribution in [1.82, 2.24) is 4.90 Å². The Balaban J connectivity index is 2.43. The van der Waals surface area contributed by atoms with Gasteiger partial charge in [0.25, 0.3) is 5.91 Å². The number of methoxy groups -OCH3 is 2. The fraction of sp³-hybridized carbons (Fsp3) is 0.579. The molecular weight excluding hydrogens is 354 g/mol. The Hall–Kier alpha value is -1.89. The molecule has 0 spiro atoms. The molecule has 7 heteroatoms. The van der Waals surface area contributed by atoms with E-state index < -0.39 is 6.04 Å². The van der Waals surface area contributed by atoms with Gasteiger partial charge in [-0.25, -0.2) is 4.79 Å². The van der Waals surface area contributed by atoms with Crippen LogP contribution in [0.5, 0.6) is 11.5 Å². The van der Waals surface area contributed by atoms with Crippen molar-refractivity contribution in [3.05, 3.63) is 23.8 Å². The quantitative estimate of drug-likeness (QED) is 0.676. The Labute approximate surface area is 159 Å². The van der Waals surface area contributed by atoms with Gasteiger partial charge in [0.1, 0.15) is 23.1 Å². The number of esters is 1. The predicted molar refractivity (Wildman–Crippen MR) is 102 cm³/mol. The second-order valence-electron chi connectivity index (χ2n) is 6.40. The zero-order chi connectivity index (χ0) is 19.3. The van der Waals surface area contributed by atoms with Crippen LogP contribution in [-0.2, 0) is 9.53 Å². The third-order valence-corrected chi connectivity index (χ3v) is 5.82. The number of rotatable bonds is 7. The molecule has 1 aromatic carbocycles. The van der Waals surface area contributed by atoms with Crippen LogP contribution in [0.3, 0.4) is 0 Å². The number of hydrogen-bond acceptors (Lipinski definition) is 6. The summed E-state index contributed by atoms with van der Waals surface area (Å²) in [7, 11) is 3.02. The molecule has 2 unspecified atom stereocenters. The van der Waals surface area contributed by atoms with Gasteiger partial charge in [-0.15, -0.1) is 11.8 Å². The van der Waals surface area contributed by atoms with E-state index in [1.54, 1.807) is 34.9 Å². The van der Waals surface area contributed by atoms with Crippen LogP contribution >= 0.6 is 11.8 Å². The van der Waals surface area contributed by atoms with E-state index in [1.165, 1.54) is 14.2 Å². The fourth-order valence-electron chi connectivity index (χ4n) is 2.97. The highest BCUT2D eigenvalue weighted by molar-refractivity contribution is 8.00. The average Bonchev–Trinajstić information content (AvgIpc) is 3.10. The van der Waals surface area contributed by atoms with Crippen molar-refractivity contribution >= 4 is 23.6 Å². The third-order valence-electron chi connectivity index (χ3n) is 4.20. The minimum atomic E-state index is -0.610. The molecule has 0 aromatic heterocycles. The van der Waals surface area contributed by atoms with Crippen LogP contribution < -0.4 is 9.47 Å². The molecule has 1 amide bonds. The molecule has 2 atom stereocenters. The summed E-state index contributed by atoms with van der Waals surface area (Å²) in [6, 6.07) is 4.59. The fourth-order valence-corrected chi connectivity index (χ4v) is 4.43. The lowest BCUT2D eigenvalue weighted by Gasteiger charge is -2.31. The normalized spacial score (nSPS) is 19.5. The molecule has 0 bridgehead atoms. The van der Waals surface area contributed by atoms with E-state index in [9.17, 15) is 9.59 Å². The number of benzene rings is 1. The molecule has 0 radical (unpaired) electrons. The molecule has 26 heavy (non-hydrogen) atoms. The first-order chi connectivity index (χ1) is 12.5. The Morgan fingerprint density at radius 2 is 1.85 bits per heavy atom. The molecule has 1 fully saturated rings. The molecule has 1 heterocycles. The molecule has 0 saturated carbocycles. The monoisotopic (exact) mass is 381 g/mol. The number of nitrogens with zero attached hydrogens (tertiary/aromatic N) is 1. The Morgan fingerprint density at radius 3 is 2.35 bits per heavy atom. The smallest absolute Gasteiger partial charge is 0.329 e. The van der Waals surface area contributed by atoms with Gasteiger partial charge in [-0.2, -0.15) is 0 Å². The van der Waals surface area contributed by atoms with E-state index in [0.717, 1.165) is 6.42 Å². The summed E-state index contributed by atoms with van der Waals surface area (Å²) in [5, 5.41) is -0.115. The number of carbonyl (C=O) groups excluding carboxylic acids is 2. The first-order valence-electron chi connectivity index (χ1n) is 8.78. The summed E-state index contributed by atoms with van der Waals surface area (Å²) in [6.07, 6.45) is 0.744. The number of amides is 1. The SMILES string of the molecule is CCCOC(=O)C1CSC(C(C)C)N1C(=O)c1c(OC)cccc1OC. The maximum atomic E-state index is 13.5. The van der Waals surface area contributed by atoms with Crippen LogP contribution in [0.2, 0.25) is 0 Å². The lowest BCUT2D eigenvalue weighted by Crippen LogP contribution is -2.48. The molecule has 1 saturated heterocycles. The van der Waals surface area contributed by atoms with Gasteiger partial charge in [-0.1, -0.05) is 26.8 Å². The summed E-state index contributed by atoms with van der Waals surface area (Å²) in [4.78, 5) is 27.6. The summed E-state index contributed by atoms with van der Waals surface area (Å²) in [5.41, 5.74) is 0.332. The van der Waals surface area contributed by atoms with Crippen molar-refractivity contribution in [3.63, 3.8) is 0 Å². The van der Waals surface area contributed by atoms with Crippen molar-refractivity contribution in [1.29, 1.82) is 0 Å². The lowest BCUT2D eigenvalue weighted by atomic mass is 10.1. The number of ether oxygens (including phenoxy) is 3.